The molecule has 3 aromatic rings. The summed E-state index contributed by atoms with van der Waals surface area (Å²) in [6, 6.07) is 12.4. The maximum Gasteiger partial charge on any atom is 0.165 e. The zero-order chi connectivity index (χ0) is 15.7. The minimum absolute atomic E-state index is 0.0297. The molecule has 0 saturated carbocycles. The van der Waals surface area contributed by atoms with Crippen LogP contribution in [-0.2, 0) is 6.61 Å². The molecule has 22 heavy (non-hydrogen) atoms. The van der Waals surface area contributed by atoms with E-state index in [2.05, 4.69) is 4.98 Å². The first-order chi connectivity index (χ1) is 10.6. The molecule has 0 spiro atoms. The number of aliphatic hydroxyl groups excluding tert-OH is 1. The molecule has 0 aliphatic carbocycles. The fourth-order valence-corrected chi connectivity index (χ4v) is 2.52. The summed E-state index contributed by atoms with van der Waals surface area (Å²) >= 11 is 0. The summed E-state index contributed by atoms with van der Waals surface area (Å²) in [6.45, 7) is 1.96. The Morgan fingerprint density at radius 3 is 2.64 bits per heavy atom. The Morgan fingerprint density at radius 1 is 1.14 bits per heavy atom. The van der Waals surface area contributed by atoms with Crippen LogP contribution in [0, 0.1) is 12.7 Å². The number of benzene rings is 2. The van der Waals surface area contributed by atoms with E-state index in [1.165, 1.54) is 13.2 Å². The van der Waals surface area contributed by atoms with Gasteiger partial charge in [-0.3, -0.25) is 0 Å². The lowest BCUT2D eigenvalue weighted by molar-refractivity contribution is 0.282. The van der Waals surface area contributed by atoms with Crippen LogP contribution >= 0.6 is 0 Å². The first-order valence-corrected chi connectivity index (χ1v) is 6.97. The average molecular weight is 297 g/mol. The molecule has 0 atom stereocenters. The standard InChI is InChI=1S/C18H16FNO2/c1-11-7-16(13-4-6-18(22-2)15(19)9-13)20-17-8-12(10-21)3-5-14(11)17/h3-9,21H,10H2,1-2H3. The van der Waals surface area contributed by atoms with Gasteiger partial charge in [0.25, 0.3) is 0 Å². The molecule has 1 aromatic heterocycles. The Bertz CT molecular complexity index is 846. The van der Waals surface area contributed by atoms with Crippen LogP contribution in [0.2, 0.25) is 0 Å². The second kappa shape index (κ2) is 5.73. The molecule has 1 heterocycles. The fourth-order valence-electron chi connectivity index (χ4n) is 2.52. The van der Waals surface area contributed by atoms with Crippen LogP contribution in [0.5, 0.6) is 5.75 Å². The first kappa shape index (κ1) is 14.5. The second-order valence-electron chi connectivity index (χ2n) is 5.18. The molecule has 0 aliphatic heterocycles. The second-order valence-corrected chi connectivity index (χ2v) is 5.18. The van der Waals surface area contributed by atoms with E-state index in [9.17, 15) is 9.50 Å². The summed E-state index contributed by atoms with van der Waals surface area (Å²) in [4.78, 5) is 4.59. The first-order valence-electron chi connectivity index (χ1n) is 6.97. The smallest absolute Gasteiger partial charge is 0.165 e. The normalized spacial score (nSPS) is 10.9. The molecule has 3 nitrogen and oxygen atoms in total. The summed E-state index contributed by atoms with van der Waals surface area (Å²) in [5, 5.41) is 10.3. The van der Waals surface area contributed by atoms with Gasteiger partial charge in [0.1, 0.15) is 0 Å². The largest absolute Gasteiger partial charge is 0.494 e. The zero-order valence-corrected chi connectivity index (χ0v) is 12.4. The van der Waals surface area contributed by atoms with Crippen molar-refractivity contribution in [1.29, 1.82) is 0 Å². The van der Waals surface area contributed by atoms with E-state index in [4.69, 9.17) is 4.74 Å². The van der Waals surface area contributed by atoms with Gasteiger partial charge in [-0.15, -0.1) is 0 Å². The Kier molecular flexibility index (Phi) is 3.77. The number of aromatic nitrogens is 1. The number of aliphatic hydroxyl groups is 1. The molecule has 0 bridgehead atoms. The number of hydrogen-bond acceptors (Lipinski definition) is 3. The number of hydrogen-bond donors (Lipinski definition) is 1. The van der Waals surface area contributed by atoms with Crippen molar-refractivity contribution in [3.05, 3.63) is 59.4 Å². The van der Waals surface area contributed by atoms with E-state index in [-0.39, 0.29) is 12.4 Å². The monoisotopic (exact) mass is 297 g/mol. The third-order valence-electron chi connectivity index (χ3n) is 3.71. The van der Waals surface area contributed by atoms with Gasteiger partial charge >= 0.3 is 0 Å². The van der Waals surface area contributed by atoms with Gasteiger partial charge in [0.05, 0.1) is 24.9 Å². The number of aryl methyl sites for hydroxylation is 1. The SMILES string of the molecule is COc1ccc(-c2cc(C)c3ccc(CO)cc3n2)cc1F. The Morgan fingerprint density at radius 2 is 1.95 bits per heavy atom. The minimum atomic E-state index is -0.413. The van der Waals surface area contributed by atoms with Gasteiger partial charge in [0.15, 0.2) is 11.6 Å². The van der Waals surface area contributed by atoms with Crippen molar-refractivity contribution in [3.8, 4) is 17.0 Å². The summed E-state index contributed by atoms with van der Waals surface area (Å²) in [7, 11) is 1.44. The van der Waals surface area contributed by atoms with Crippen molar-refractivity contribution >= 4 is 10.9 Å². The van der Waals surface area contributed by atoms with E-state index >= 15 is 0 Å². The number of methoxy groups -OCH3 is 1. The molecule has 0 amide bonds. The molecular weight excluding hydrogens is 281 g/mol. The van der Waals surface area contributed by atoms with Gasteiger partial charge in [0, 0.05) is 10.9 Å². The van der Waals surface area contributed by atoms with Crippen LogP contribution in [0.15, 0.2) is 42.5 Å². The minimum Gasteiger partial charge on any atom is -0.494 e. The van der Waals surface area contributed by atoms with E-state index in [1.54, 1.807) is 12.1 Å². The molecule has 0 unspecified atom stereocenters. The number of rotatable bonds is 3. The van der Waals surface area contributed by atoms with Crippen molar-refractivity contribution < 1.29 is 14.2 Å². The highest BCUT2D eigenvalue weighted by Gasteiger charge is 2.09. The molecule has 0 radical (unpaired) electrons. The van der Waals surface area contributed by atoms with Crippen LogP contribution in [0.25, 0.3) is 22.2 Å². The Labute approximate surface area is 128 Å². The molecule has 0 aliphatic rings. The third-order valence-corrected chi connectivity index (χ3v) is 3.71. The third kappa shape index (κ3) is 2.53. The van der Waals surface area contributed by atoms with Gasteiger partial charge in [-0.05, 0) is 48.4 Å². The molecule has 3 rings (SSSR count). The Balaban J connectivity index is 2.16. The predicted octanol–water partition coefficient (Wildman–Crippen LogP) is 3.85. The number of pyridine rings is 1. The van der Waals surface area contributed by atoms with Crippen LogP contribution in [-0.4, -0.2) is 17.2 Å². The lowest BCUT2D eigenvalue weighted by Crippen LogP contribution is -1.93. The molecule has 1 N–H and O–H groups in total. The summed E-state index contributed by atoms with van der Waals surface area (Å²) in [5.41, 5.74) is 4.04. The van der Waals surface area contributed by atoms with Crippen LogP contribution < -0.4 is 4.74 Å². The highest BCUT2D eigenvalue weighted by Crippen LogP contribution is 2.28. The van der Waals surface area contributed by atoms with Gasteiger partial charge in [-0.2, -0.15) is 0 Å². The highest BCUT2D eigenvalue weighted by atomic mass is 19.1. The molecule has 0 saturated heterocycles. The molecular formula is C18H16FNO2. The summed E-state index contributed by atoms with van der Waals surface area (Å²) < 4.78 is 18.8. The summed E-state index contributed by atoms with van der Waals surface area (Å²) in [6.07, 6.45) is 0. The Hall–Kier alpha value is -2.46. The van der Waals surface area contributed by atoms with E-state index in [0.717, 1.165) is 22.0 Å². The fraction of sp³-hybridized carbons (Fsp3) is 0.167. The topological polar surface area (TPSA) is 42.4 Å². The number of halogens is 1. The zero-order valence-electron chi connectivity index (χ0n) is 12.4. The molecule has 112 valence electrons. The van der Waals surface area contributed by atoms with Gasteiger partial charge in [-0.25, -0.2) is 9.37 Å². The van der Waals surface area contributed by atoms with Gasteiger partial charge in [0.2, 0.25) is 0 Å². The van der Waals surface area contributed by atoms with Crippen molar-refractivity contribution in [2.45, 2.75) is 13.5 Å². The maximum absolute atomic E-state index is 13.9. The lowest BCUT2D eigenvalue weighted by Gasteiger charge is -2.09. The van der Waals surface area contributed by atoms with Gasteiger partial charge < -0.3 is 9.84 Å². The molecule has 0 fully saturated rings. The highest BCUT2D eigenvalue weighted by molar-refractivity contribution is 5.85. The van der Waals surface area contributed by atoms with Crippen LogP contribution in [0.4, 0.5) is 4.39 Å². The quantitative estimate of drug-likeness (QED) is 0.798. The van der Waals surface area contributed by atoms with E-state index in [0.29, 0.717) is 11.3 Å². The van der Waals surface area contributed by atoms with E-state index in [1.807, 2.05) is 31.2 Å². The predicted molar refractivity (Wildman–Crippen MR) is 84.3 cm³/mol. The summed E-state index contributed by atoms with van der Waals surface area (Å²) in [5.74, 6) is -0.201. The van der Waals surface area contributed by atoms with E-state index < -0.39 is 5.82 Å². The molecule has 2 aromatic carbocycles. The molecule has 4 heteroatoms. The van der Waals surface area contributed by atoms with Crippen LogP contribution in [0.3, 0.4) is 0 Å². The van der Waals surface area contributed by atoms with Crippen molar-refractivity contribution in [2.24, 2.45) is 0 Å². The number of fused-ring (bicyclic) bond motifs is 1. The number of ether oxygens (including phenoxy) is 1. The van der Waals surface area contributed by atoms with Crippen molar-refractivity contribution in [2.75, 3.05) is 7.11 Å². The van der Waals surface area contributed by atoms with Gasteiger partial charge in [-0.1, -0.05) is 12.1 Å². The van der Waals surface area contributed by atoms with Crippen LogP contribution in [0.1, 0.15) is 11.1 Å². The maximum atomic E-state index is 13.9. The lowest BCUT2D eigenvalue weighted by atomic mass is 10.0. The van der Waals surface area contributed by atoms with Crippen molar-refractivity contribution in [1.82, 2.24) is 4.98 Å². The van der Waals surface area contributed by atoms with Crippen molar-refractivity contribution in [3.63, 3.8) is 0 Å². The number of nitrogens with zero attached hydrogens (tertiary/aromatic N) is 1. The average Bonchev–Trinajstić information content (AvgIpc) is 2.54.